The van der Waals surface area contributed by atoms with E-state index < -0.39 is 0 Å². The number of nitrogens with one attached hydrogen (secondary N) is 1. The van der Waals surface area contributed by atoms with Crippen molar-refractivity contribution in [1.82, 2.24) is 4.90 Å². The van der Waals surface area contributed by atoms with Crippen molar-refractivity contribution >= 4 is 34.8 Å². The fourth-order valence-electron chi connectivity index (χ4n) is 3.37. The molecule has 0 aliphatic heterocycles. The van der Waals surface area contributed by atoms with E-state index in [4.69, 9.17) is 11.6 Å². The van der Waals surface area contributed by atoms with E-state index in [-0.39, 0.29) is 23.3 Å². The van der Waals surface area contributed by atoms with Crippen LogP contribution in [-0.2, 0) is 11.3 Å². The smallest absolute Gasteiger partial charge is 0.255 e. The molecule has 168 valence electrons. The van der Waals surface area contributed by atoms with Gasteiger partial charge in [0.2, 0.25) is 5.91 Å². The Morgan fingerprint density at radius 3 is 2.26 bits per heavy atom. The maximum Gasteiger partial charge on any atom is 0.255 e. The Labute approximate surface area is 191 Å². The summed E-state index contributed by atoms with van der Waals surface area (Å²) in [7, 11) is 3.93. The maximum atomic E-state index is 13.3. The van der Waals surface area contributed by atoms with Crippen LogP contribution in [0, 0.1) is 5.41 Å². The third-order valence-corrected chi connectivity index (χ3v) is 5.19. The van der Waals surface area contributed by atoms with Gasteiger partial charge in [0.1, 0.15) is 0 Å². The van der Waals surface area contributed by atoms with Gasteiger partial charge in [-0.2, -0.15) is 0 Å². The number of rotatable bonds is 7. The van der Waals surface area contributed by atoms with Crippen LogP contribution in [0.15, 0.2) is 42.5 Å². The van der Waals surface area contributed by atoms with Gasteiger partial charge in [0.25, 0.3) is 5.91 Å². The van der Waals surface area contributed by atoms with Gasteiger partial charge < -0.3 is 15.1 Å². The Morgan fingerprint density at radius 1 is 1.06 bits per heavy atom. The van der Waals surface area contributed by atoms with E-state index in [0.29, 0.717) is 23.6 Å². The van der Waals surface area contributed by atoms with Crippen molar-refractivity contribution in [2.24, 2.45) is 5.41 Å². The molecule has 0 spiro atoms. The molecule has 0 atom stereocenters. The Kier molecular flexibility index (Phi) is 8.13. The lowest BCUT2D eigenvalue weighted by Crippen LogP contribution is -2.37. The van der Waals surface area contributed by atoms with Crippen molar-refractivity contribution in [2.45, 2.75) is 53.6 Å². The van der Waals surface area contributed by atoms with Gasteiger partial charge in [0.05, 0.1) is 10.6 Å². The molecule has 5 nitrogen and oxygen atoms in total. The molecule has 2 rings (SSSR count). The summed E-state index contributed by atoms with van der Waals surface area (Å²) in [5.74, 6) is -0.142. The molecule has 0 unspecified atom stereocenters. The summed E-state index contributed by atoms with van der Waals surface area (Å²) in [6, 6.07) is 12.9. The van der Waals surface area contributed by atoms with Gasteiger partial charge in [-0.25, -0.2) is 0 Å². The van der Waals surface area contributed by atoms with Crippen LogP contribution in [0.1, 0.15) is 57.0 Å². The third kappa shape index (κ3) is 7.00. The largest absolute Gasteiger partial charge is 0.377 e. The van der Waals surface area contributed by atoms with Gasteiger partial charge in [0.15, 0.2) is 0 Å². The molecule has 0 radical (unpaired) electrons. The first-order valence-electron chi connectivity index (χ1n) is 10.5. The van der Waals surface area contributed by atoms with Crippen molar-refractivity contribution in [1.29, 1.82) is 0 Å². The molecule has 0 fully saturated rings. The molecule has 2 aromatic rings. The summed E-state index contributed by atoms with van der Waals surface area (Å²) in [4.78, 5) is 29.5. The Morgan fingerprint density at radius 2 is 1.71 bits per heavy atom. The van der Waals surface area contributed by atoms with E-state index >= 15 is 0 Å². The summed E-state index contributed by atoms with van der Waals surface area (Å²) in [5, 5.41) is 3.43. The number of hydrogen-bond acceptors (Lipinski definition) is 3. The molecule has 0 aliphatic carbocycles. The number of amides is 2. The molecule has 0 saturated carbocycles. The second-order valence-electron chi connectivity index (χ2n) is 9.53. The van der Waals surface area contributed by atoms with Gasteiger partial charge in [-0.1, -0.05) is 44.5 Å². The molecule has 1 N–H and O–H groups in total. The van der Waals surface area contributed by atoms with Gasteiger partial charge in [-0.3, -0.25) is 9.59 Å². The first-order valence-corrected chi connectivity index (χ1v) is 10.9. The fourth-order valence-corrected chi connectivity index (χ4v) is 3.59. The highest BCUT2D eigenvalue weighted by Crippen LogP contribution is 2.28. The van der Waals surface area contributed by atoms with E-state index in [9.17, 15) is 9.59 Å². The zero-order valence-electron chi connectivity index (χ0n) is 19.6. The molecule has 0 bridgehead atoms. The van der Waals surface area contributed by atoms with Crippen LogP contribution < -0.4 is 10.2 Å². The van der Waals surface area contributed by atoms with Crippen LogP contribution in [0.4, 0.5) is 11.4 Å². The highest BCUT2D eigenvalue weighted by molar-refractivity contribution is 6.33. The molecule has 0 saturated heterocycles. The highest BCUT2D eigenvalue weighted by Gasteiger charge is 2.23. The van der Waals surface area contributed by atoms with Gasteiger partial charge >= 0.3 is 0 Å². The summed E-state index contributed by atoms with van der Waals surface area (Å²) in [6.07, 6.45) is 0.431. The maximum absolute atomic E-state index is 13.3. The van der Waals surface area contributed by atoms with E-state index in [2.05, 4.69) is 5.32 Å². The molecule has 31 heavy (non-hydrogen) atoms. The highest BCUT2D eigenvalue weighted by atomic mass is 35.5. The fraction of sp³-hybridized carbons (Fsp3) is 0.440. The van der Waals surface area contributed by atoms with Crippen molar-refractivity contribution in [3.8, 4) is 0 Å². The van der Waals surface area contributed by atoms with Crippen LogP contribution in [-0.4, -0.2) is 36.9 Å². The van der Waals surface area contributed by atoms with Crippen molar-refractivity contribution in [3.63, 3.8) is 0 Å². The van der Waals surface area contributed by atoms with Gasteiger partial charge in [0, 0.05) is 44.5 Å². The Balaban J connectivity index is 2.36. The molecule has 2 aromatic carbocycles. The minimum atomic E-state index is -0.118. The molecule has 0 heterocycles. The predicted molar refractivity (Wildman–Crippen MR) is 130 cm³/mol. The second-order valence-corrected chi connectivity index (χ2v) is 9.94. The zero-order valence-corrected chi connectivity index (χ0v) is 20.4. The van der Waals surface area contributed by atoms with E-state index in [0.717, 1.165) is 16.9 Å². The third-order valence-electron chi connectivity index (χ3n) is 4.87. The van der Waals surface area contributed by atoms with E-state index in [1.165, 1.54) is 0 Å². The molecule has 0 aromatic heterocycles. The van der Waals surface area contributed by atoms with Crippen molar-refractivity contribution < 1.29 is 9.59 Å². The monoisotopic (exact) mass is 443 g/mol. The number of carbonyl (C=O) groups excluding carboxylic acids is 2. The standard InChI is InChI=1S/C25H34ClN3O2/c1-17(2)29(24(31)20-10-8-9-11-21(20)26)16-18-14-19(12-13-22(18)28(6)7)27-23(30)15-25(3,4)5/h8-14,17H,15-16H2,1-7H3,(H,27,30). The Hall–Kier alpha value is -2.53. The zero-order chi connectivity index (χ0) is 23.3. The van der Waals surface area contributed by atoms with Crippen LogP contribution in [0.25, 0.3) is 0 Å². The quantitative estimate of drug-likeness (QED) is 0.585. The summed E-state index contributed by atoms with van der Waals surface area (Å²) in [5.41, 5.74) is 3.06. The lowest BCUT2D eigenvalue weighted by atomic mass is 9.92. The Bertz CT molecular complexity index is 933. The van der Waals surface area contributed by atoms with Crippen molar-refractivity contribution in [3.05, 3.63) is 58.6 Å². The average Bonchev–Trinajstić information content (AvgIpc) is 2.64. The second kappa shape index (κ2) is 10.2. The number of halogens is 1. The molecular formula is C25H34ClN3O2. The van der Waals surface area contributed by atoms with Crippen LogP contribution in [0.2, 0.25) is 5.02 Å². The molecular weight excluding hydrogens is 410 g/mol. The van der Waals surface area contributed by atoms with E-state index in [1.54, 1.807) is 17.0 Å². The SMILES string of the molecule is CC(C)N(Cc1cc(NC(=O)CC(C)(C)C)ccc1N(C)C)C(=O)c1ccccc1Cl. The first-order chi connectivity index (χ1) is 14.4. The van der Waals surface area contributed by atoms with E-state index in [1.807, 2.05) is 83.9 Å². The number of nitrogens with zero attached hydrogens (tertiary/aromatic N) is 2. The summed E-state index contributed by atoms with van der Waals surface area (Å²) >= 11 is 6.28. The molecule has 2 amide bonds. The van der Waals surface area contributed by atoms with Crippen LogP contribution in [0.5, 0.6) is 0 Å². The topological polar surface area (TPSA) is 52.7 Å². The van der Waals surface area contributed by atoms with Crippen LogP contribution in [0.3, 0.4) is 0 Å². The number of benzene rings is 2. The first kappa shape index (κ1) is 24.7. The lowest BCUT2D eigenvalue weighted by Gasteiger charge is -2.29. The predicted octanol–water partition coefficient (Wildman–Crippen LogP) is 5.83. The summed E-state index contributed by atoms with van der Waals surface area (Å²) < 4.78 is 0. The van der Waals surface area contributed by atoms with Crippen LogP contribution >= 0.6 is 11.6 Å². The average molecular weight is 444 g/mol. The molecule has 0 aliphatic rings. The number of anilines is 2. The number of hydrogen-bond donors (Lipinski definition) is 1. The van der Waals surface area contributed by atoms with Gasteiger partial charge in [-0.05, 0) is 55.2 Å². The van der Waals surface area contributed by atoms with Crippen molar-refractivity contribution in [2.75, 3.05) is 24.3 Å². The minimum absolute atomic E-state index is 0.0242. The summed E-state index contributed by atoms with van der Waals surface area (Å²) in [6.45, 7) is 10.5. The number of carbonyl (C=O) groups is 2. The normalized spacial score (nSPS) is 11.4. The minimum Gasteiger partial charge on any atom is -0.377 e. The van der Waals surface area contributed by atoms with Gasteiger partial charge in [-0.15, -0.1) is 0 Å². The molecule has 6 heteroatoms. The lowest BCUT2D eigenvalue weighted by molar-refractivity contribution is -0.117.